The van der Waals surface area contributed by atoms with Gasteiger partial charge in [0.15, 0.2) is 0 Å². The molecule has 112 valence electrons. The highest BCUT2D eigenvalue weighted by atomic mass is 32.2. The highest BCUT2D eigenvalue weighted by Gasteiger charge is 2.30. The molecule has 1 saturated carbocycles. The average Bonchev–Trinajstić information content (AvgIpc) is 2.83. The minimum absolute atomic E-state index is 0.0141. The van der Waals surface area contributed by atoms with Gasteiger partial charge in [0, 0.05) is 26.3 Å². The second-order valence-electron chi connectivity index (χ2n) is 4.94. The number of sulfonamides is 1. The van der Waals surface area contributed by atoms with Crippen LogP contribution in [0.3, 0.4) is 0 Å². The summed E-state index contributed by atoms with van der Waals surface area (Å²) in [4.78, 5) is 11.8. The fraction of sp³-hybridized carbons (Fsp3) is 0.917. The molecule has 0 aliphatic heterocycles. The Labute approximate surface area is 115 Å². The van der Waals surface area contributed by atoms with Crippen molar-refractivity contribution in [2.45, 2.75) is 38.1 Å². The summed E-state index contributed by atoms with van der Waals surface area (Å²) in [6.07, 6.45) is 5.67. The van der Waals surface area contributed by atoms with Crippen molar-refractivity contribution < 1.29 is 17.9 Å². The van der Waals surface area contributed by atoms with E-state index in [2.05, 4.69) is 5.32 Å². The van der Waals surface area contributed by atoms with Crippen LogP contribution in [0.2, 0.25) is 0 Å². The largest absolute Gasteiger partial charge is 0.385 e. The molecule has 0 atom stereocenters. The average molecular weight is 292 g/mol. The van der Waals surface area contributed by atoms with Gasteiger partial charge in [0.05, 0.1) is 12.8 Å². The van der Waals surface area contributed by atoms with E-state index in [4.69, 9.17) is 4.74 Å². The molecule has 0 aromatic heterocycles. The highest BCUT2D eigenvalue weighted by molar-refractivity contribution is 7.88. The monoisotopic (exact) mass is 292 g/mol. The van der Waals surface area contributed by atoms with E-state index in [1.54, 1.807) is 7.11 Å². The van der Waals surface area contributed by atoms with Crippen molar-refractivity contribution in [1.29, 1.82) is 0 Å². The van der Waals surface area contributed by atoms with Gasteiger partial charge >= 0.3 is 0 Å². The molecule has 0 radical (unpaired) electrons. The van der Waals surface area contributed by atoms with Crippen molar-refractivity contribution >= 4 is 15.9 Å². The standard InChI is InChI=1S/C12H24N2O4S/c1-18-9-5-8-13-12(15)10-14(19(2,16)17)11-6-3-4-7-11/h11H,3-10H2,1-2H3,(H,13,15). The molecule has 0 aromatic carbocycles. The third-order valence-corrected chi connectivity index (χ3v) is 4.58. The summed E-state index contributed by atoms with van der Waals surface area (Å²) in [5, 5.41) is 2.72. The van der Waals surface area contributed by atoms with Crippen LogP contribution in [0.15, 0.2) is 0 Å². The van der Waals surface area contributed by atoms with Crippen LogP contribution in [-0.2, 0) is 19.6 Å². The predicted octanol–water partition coefficient (Wildman–Crippen LogP) is 0.343. The lowest BCUT2D eigenvalue weighted by Crippen LogP contribution is -2.45. The second-order valence-corrected chi connectivity index (χ2v) is 6.88. The summed E-state index contributed by atoms with van der Waals surface area (Å²) >= 11 is 0. The van der Waals surface area contributed by atoms with Crippen LogP contribution in [0.1, 0.15) is 32.1 Å². The minimum Gasteiger partial charge on any atom is -0.385 e. The summed E-state index contributed by atoms with van der Waals surface area (Å²) in [6, 6.07) is -0.0141. The molecule has 0 aromatic rings. The first-order chi connectivity index (χ1) is 8.95. The lowest BCUT2D eigenvalue weighted by atomic mass is 10.2. The van der Waals surface area contributed by atoms with Gasteiger partial charge in [-0.2, -0.15) is 4.31 Å². The van der Waals surface area contributed by atoms with E-state index in [9.17, 15) is 13.2 Å². The molecule has 6 nitrogen and oxygen atoms in total. The highest BCUT2D eigenvalue weighted by Crippen LogP contribution is 2.24. The first kappa shape index (κ1) is 16.4. The molecule has 7 heteroatoms. The Balaban J connectivity index is 2.46. The van der Waals surface area contributed by atoms with E-state index < -0.39 is 10.0 Å². The molecule has 0 unspecified atom stereocenters. The Morgan fingerprint density at radius 1 is 1.37 bits per heavy atom. The van der Waals surface area contributed by atoms with E-state index in [1.165, 1.54) is 10.6 Å². The molecule has 1 aliphatic rings. The van der Waals surface area contributed by atoms with Crippen LogP contribution in [0.4, 0.5) is 0 Å². The van der Waals surface area contributed by atoms with Gasteiger partial charge in [-0.05, 0) is 19.3 Å². The van der Waals surface area contributed by atoms with Gasteiger partial charge in [0.25, 0.3) is 0 Å². The van der Waals surface area contributed by atoms with Crippen LogP contribution in [0.5, 0.6) is 0 Å². The maximum absolute atomic E-state index is 11.8. The van der Waals surface area contributed by atoms with Crippen molar-refractivity contribution in [2.75, 3.05) is 33.1 Å². The van der Waals surface area contributed by atoms with Crippen molar-refractivity contribution in [3.8, 4) is 0 Å². The zero-order valence-electron chi connectivity index (χ0n) is 11.7. The molecular formula is C12H24N2O4S. The molecule has 1 N–H and O–H groups in total. The summed E-state index contributed by atoms with van der Waals surface area (Å²) in [5.74, 6) is -0.242. The summed E-state index contributed by atoms with van der Waals surface area (Å²) < 4.78 is 29.7. The summed E-state index contributed by atoms with van der Waals surface area (Å²) in [6.45, 7) is 1.02. The quantitative estimate of drug-likeness (QED) is 0.655. The molecule has 0 spiro atoms. The molecule has 0 heterocycles. The van der Waals surface area contributed by atoms with Crippen LogP contribution in [-0.4, -0.2) is 57.7 Å². The topological polar surface area (TPSA) is 75.7 Å². The third kappa shape index (κ3) is 5.88. The van der Waals surface area contributed by atoms with E-state index in [-0.39, 0.29) is 18.5 Å². The van der Waals surface area contributed by atoms with Gasteiger partial charge in [0.1, 0.15) is 0 Å². The Bertz CT molecular complexity index is 377. The number of carbonyl (C=O) groups excluding carboxylic acids is 1. The number of amides is 1. The zero-order chi connectivity index (χ0) is 14.3. The maximum atomic E-state index is 11.8. The van der Waals surface area contributed by atoms with Crippen LogP contribution in [0, 0.1) is 0 Å². The molecule has 0 bridgehead atoms. The first-order valence-electron chi connectivity index (χ1n) is 6.67. The van der Waals surface area contributed by atoms with Crippen molar-refractivity contribution in [1.82, 2.24) is 9.62 Å². The van der Waals surface area contributed by atoms with E-state index >= 15 is 0 Å². The number of carbonyl (C=O) groups is 1. The molecule has 0 saturated heterocycles. The maximum Gasteiger partial charge on any atom is 0.235 e. The number of hydrogen-bond acceptors (Lipinski definition) is 4. The number of rotatable bonds is 8. The van der Waals surface area contributed by atoms with E-state index in [1.807, 2.05) is 0 Å². The van der Waals surface area contributed by atoms with Crippen molar-refractivity contribution in [3.63, 3.8) is 0 Å². The number of nitrogens with one attached hydrogen (secondary N) is 1. The Hall–Kier alpha value is -0.660. The number of ether oxygens (including phenoxy) is 1. The number of methoxy groups -OCH3 is 1. The molecule has 1 fully saturated rings. The molecule has 1 amide bonds. The number of nitrogens with zero attached hydrogens (tertiary/aromatic N) is 1. The van der Waals surface area contributed by atoms with E-state index in [0.717, 1.165) is 32.1 Å². The zero-order valence-corrected chi connectivity index (χ0v) is 12.5. The Morgan fingerprint density at radius 2 is 2.00 bits per heavy atom. The van der Waals surface area contributed by atoms with Gasteiger partial charge in [-0.3, -0.25) is 4.79 Å². The fourth-order valence-corrected chi connectivity index (χ4v) is 3.46. The van der Waals surface area contributed by atoms with Crippen LogP contribution >= 0.6 is 0 Å². The third-order valence-electron chi connectivity index (χ3n) is 3.30. The molecular weight excluding hydrogens is 268 g/mol. The lowest BCUT2D eigenvalue weighted by Gasteiger charge is -2.25. The van der Waals surface area contributed by atoms with Gasteiger partial charge in [-0.25, -0.2) is 8.42 Å². The minimum atomic E-state index is -3.33. The molecule has 19 heavy (non-hydrogen) atoms. The summed E-state index contributed by atoms with van der Waals surface area (Å²) in [7, 11) is -1.73. The SMILES string of the molecule is COCCCNC(=O)CN(C1CCCC1)S(C)(=O)=O. The number of hydrogen-bond donors (Lipinski definition) is 1. The molecule has 1 aliphatic carbocycles. The van der Waals surface area contributed by atoms with Gasteiger partial charge in [0.2, 0.25) is 15.9 Å². The van der Waals surface area contributed by atoms with Gasteiger partial charge in [-0.15, -0.1) is 0 Å². The second kappa shape index (κ2) is 7.81. The van der Waals surface area contributed by atoms with Gasteiger partial charge < -0.3 is 10.1 Å². The smallest absolute Gasteiger partial charge is 0.235 e. The van der Waals surface area contributed by atoms with Crippen LogP contribution in [0.25, 0.3) is 0 Å². The molecule has 1 rings (SSSR count). The van der Waals surface area contributed by atoms with Gasteiger partial charge in [-0.1, -0.05) is 12.8 Å². The normalized spacial score (nSPS) is 17.0. The Kier molecular flexibility index (Phi) is 6.74. The van der Waals surface area contributed by atoms with Crippen molar-refractivity contribution in [3.05, 3.63) is 0 Å². The van der Waals surface area contributed by atoms with E-state index in [0.29, 0.717) is 13.2 Å². The summed E-state index contributed by atoms with van der Waals surface area (Å²) in [5.41, 5.74) is 0. The van der Waals surface area contributed by atoms with Crippen LogP contribution < -0.4 is 5.32 Å². The lowest BCUT2D eigenvalue weighted by molar-refractivity contribution is -0.121. The Morgan fingerprint density at radius 3 is 2.53 bits per heavy atom. The van der Waals surface area contributed by atoms with Crippen molar-refractivity contribution in [2.24, 2.45) is 0 Å². The fourth-order valence-electron chi connectivity index (χ4n) is 2.35. The first-order valence-corrected chi connectivity index (χ1v) is 8.52. The predicted molar refractivity (Wildman–Crippen MR) is 73.3 cm³/mol.